The highest BCUT2D eigenvalue weighted by Crippen LogP contribution is 2.37. The number of piperidine rings is 1. The van der Waals surface area contributed by atoms with Gasteiger partial charge in [0.1, 0.15) is 6.10 Å². The van der Waals surface area contributed by atoms with Crippen LogP contribution in [0.3, 0.4) is 0 Å². The van der Waals surface area contributed by atoms with Gasteiger partial charge in [-0.15, -0.1) is 0 Å². The Balaban J connectivity index is 1.79. The van der Waals surface area contributed by atoms with Gasteiger partial charge in [0, 0.05) is 37.4 Å². The number of hydrogen-bond donors (Lipinski definition) is 0. The van der Waals surface area contributed by atoms with Crippen LogP contribution in [0.2, 0.25) is 0 Å². The normalized spacial score (nSPS) is 27.9. The molecule has 1 aromatic rings. The SMILES string of the molecule is CC(=O)O[C@@H]1CCN(C(=O)c2ccccc2)[C@@H]2CCCC[C@@H]21. The van der Waals surface area contributed by atoms with Gasteiger partial charge in [0.05, 0.1) is 0 Å². The minimum atomic E-state index is -0.211. The molecule has 3 rings (SSSR count). The molecule has 4 heteroatoms. The van der Waals surface area contributed by atoms with Crippen molar-refractivity contribution in [3.8, 4) is 0 Å². The Bertz CT molecular complexity index is 543. The van der Waals surface area contributed by atoms with Gasteiger partial charge in [-0.2, -0.15) is 0 Å². The molecule has 0 unspecified atom stereocenters. The highest BCUT2D eigenvalue weighted by Gasteiger charge is 2.42. The topological polar surface area (TPSA) is 46.6 Å². The number of amides is 1. The molecule has 1 aromatic carbocycles. The number of rotatable bonds is 2. The van der Waals surface area contributed by atoms with Crippen LogP contribution in [0.1, 0.15) is 49.4 Å². The molecule has 3 atom stereocenters. The van der Waals surface area contributed by atoms with Gasteiger partial charge in [0.15, 0.2) is 0 Å². The summed E-state index contributed by atoms with van der Waals surface area (Å²) in [4.78, 5) is 26.1. The maximum atomic E-state index is 12.8. The second-order valence-corrected chi connectivity index (χ2v) is 6.32. The van der Waals surface area contributed by atoms with E-state index in [1.54, 1.807) is 0 Å². The molecule has 0 spiro atoms. The van der Waals surface area contributed by atoms with E-state index in [2.05, 4.69) is 0 Å². The Kier molecular flexibility index (Phi) is 4.46. The first kappa shape index (κ1) is 15.1. The Morgan fingerprint density at radius 1 is 1.09 bits per heavy atom. The molecule has 0 N–H and O–H groups in total. The predicted octanol–water partition coefficient (Wildman–Crippen LogP) is 3.02. The first-order valence-electron chi connectivity index (χ1n) is 8.20. The summed E-state index contributed by atoms with van der Waals surface area (Å²) in [7, 11) is 0. The van der Waals surface area contributed by atoms with Crippen molar-refractivity contribution in [3.63, 3.8) is 0 Å². The summed E-state index contributed by atoms with van der Waals surface area (Å²) in [5.41, 5.74) is 0.748. The first-order chi connectivity index (χ1) is 10.7. The number of benzene rings is 1. The molecule has 0 radical (unpaired) electrons. The maximum Gasteiger partial charge on any atom is 0.302 e. The smallest absolute Gasteiger partial charge is 0.302 e. The molecule has 1 aliphatic heterocycles. The van der Waals surface area contributed by atoms with Crippen LogP contribution in [-0.2, 0) is 9.53 Å². The molecule has 1 aliphatic carbocycles. The van der Waals surface area contributed by atoms with E-state index in [0.29, 0.717) is 12.5 Å². The van der Waals surface area contributed by atoms with E-state index in [4.69, 9.17) is 4.74 Å². The van der Waals surface area contributed by atoms with Crippen LogP contribution < -0.4 is 0 Å². The number of fused-ring (bicyclic) bond motifs is 1. The van der Waals surface area contributed by atoms with Crippen molar-refractivity contribution >= 4 is 11.9 Å². The fraction of sp³-hybridized carbons (Fsp3) is 0.556. The van der Waals surface area contributed by atoms with Gasteiger partial charge >= 0.3 is 5.97 Å². The minimum Gasteiger partial charge on any atom is -0.462 e. The lowest BCUT2D eigenvalue weighted by atomic mass is 9.76. The zero-order valence-electron chi connectivity index (χ0n) is 13.0. The lowest BCUT2D eigenvalue weighted by Gasteiger charge is -2.47. The van der Waals surface area contributed by atoms with E-state index in [1.807, 2.05) is 35.2 Å². The summed E-state index contributed by atoms with van der Waals surface area (Å²) in [5.74, 6) is 0.190. The first-order valence-corrected chi connectivity index (χ1v) is 8.20. The molecule has 4 nitrogen and oxygen atoms in total. The summed E-state index contributed by atoms with van der Waals surface area (Å²) >= 11 is 0. The zero-order valence-corrected chi connectivity index (χ0v) is 13.0. The molecule has 2 aliphatic rings. The molecule has 1 heterocycles. The number of carbonyl (C=O) groups excluding carboxylic acids is 2. The summed E-state index contributed by atoms with van der Waals surface area (Å²) in [5, 5.41) is 0. The number of likely N-dealkylation sites (tertiary alicyclic amines) is 1. The lowest BCUT2D eigenvalue weighted by Crippen LogP contribution is -2.55. The highest BCUT2D eigenvalue weighted by molar-refractivity contribution is 5.94. The van der Waals surface area contributed by atoms with Crippen molar-refractivity contribution in [2.24, 2.45) is 5.92 Å². The third-order valence-corrected chi connectivity index (χ3v) is 4.91. The number of ether oxygens (including phenoxy) is 1. The molecule has 2 fully saturated rings. The fourth-order valence-electron chi connectivity index (χ4n) is 3.97. The van der Waals surface area contributed by atoms with E-state index in [0.717, 1.165) is 37.7 Å². The fourth-order valence-corrected chi connectivity index (χ4v) is 3.97. The molecule has 118 valence electrons. The van der Waals surface area contributed by atoms with Crippen molar-refractivity contribution < 1.29 is 14.3 Å². The zero-order chi connectivity index (χ0) is 15.5. The van der Waals surface area contributed by atoms with Gasteiger partial charge in [-0.3, -0.25) is 9.59 Å². The molecule has 0 bridgehead atoms. The summed E-state index contributed by atoms with van der Waals surface area (Å²) in [6.07, 6.45) is 5.09. The molecule has 0 aromatic heterocycles. The molecule has 1 saturated carbocycles. The Morgan fingerprint density at radius 2 is 1.82 bits per heavy atom. The van der Waals surface area contributed by atoms with Crippen molar-refractivity contribution in [2.45, 2.75) is 51.2 Å². The Hall–Kier alpha value is -1.84. The average molecular weight is 301 g/mol. The molecule has 1 saturated heterocycles. The maximum absolute atomic E-state index is 12.8. The predicted molar refractivity (Wildman–Crippen MR) is 83.4 cm³/mol. The van der Waals surface area contributed by atoms with Gasteiger partial charge in [-0.25, -0.2) is 0 Å². The largest absolute Gasteiger partial charge is 0.462 e. The summed E-state index contributed by atoms with van der Waals surface area (Å²) in [6.45, 7) is 2.15. The highest BCUT2D eigenvalue weighted by atomic mass is 16.5. The van der Waals surface area contributed by atoms with Crippen LogP contribution in [-0.4, -0.2) is 35.5 Å². The number of esters is 1. The van der Waals surface area contributed by atoms with Crippen LogP contribution >= 0.6 is 0 Å². The van der Waals surface area contributed by atoms with E-state index in [9.17, 15) is 9.59 Å². The van der Waals surface area contributed by atoms with Crippen LogP contribution in [0, 0.1) is 5.92 Å². The van der Waals surface area contributed by atoms with E-state index < -0.39 is 0 Å². The summed E-state index contributed by atoms with van der Waals surface area (Å²) < 4.78 is 5.52. The van der Waals surface area contributed by atoms with Gasteiger partial charge in [0.2, 0.25) is 0 Å². The van der Waals surface area contributed by atoms with Gasteiger partial charge in [-0.05, 0) is 25.0 Å². The number of nitrogens with zero attached hydrogens (tertiary/aromatic N) is 1. The number of hydrogen-bond acceptors (Lipinski definition) is 3. The number of carbonyl (C=O) groups is 2. The van der Waals surface area contributed by atoms with Crippen molar-refractivity contribution in [2.75, 3.05) is 6.54 Å². The van der Waals surface area contributed by atoms with Crippen molar-refractivity contribution in [3.05, 3.63) is 35.9 Å². The molecule has 1 amide bonds. The van der Waals surface area contributed by atoms with Crippen molar-refractivity contribution in [1.82, 2.24) is 4.90 Å². The monoisotopic (exact) mass is 301 g/mol. The van der Waals surface area contributed by atoms with E-state index in [1.165, 1.54) is 6.92 Å². The summed E-state index contributed by atoms with van der Waals surface area (Å²) in [6, 6.07) is 9.68. The van der Waals surface area contributed by atoms with Crippen LogP contribution in [0.25, 0.3) is 0 Å². The van der Waals surface area contributed by atoms with Gasteiger partial charge in [0.25, 0.3) is 5.91 Å². The second kappa shape index (κ2) is 6.51. The minimum absolute atomic E-state index is 0.0253. The van der Waals surface area contributed by atoms with Crippen molar-refractivity contribution in [1.29, 1.82) is 0 Å². The van der Waals surface area contributed by atoms with Gasteiger partial charge in [-0.1, -0.05) is 31.0 Å². The quantitative estimate of drug-likeness (QED) is 0.789. The standard InChI is InChI=1S/C18H23NO3/c1-13(20)22-17-11-12-19(16-10-6-5-9-15(16)17)18(21)14-7-3-2-4-8-14/h2-4,7-8,15-17H,5-6,9-12H2,1H3/t15-,16+,17+/m0/s1. The van der Waals surface area contributed by atoms with Crippen LogP contribution in [0.4, 0.5) is 0 Å². The third kappa shape index (κ3) is 3.01. The average Bonchev–Trinajstić information content (AvgIpc) is 2.55. The van der Waals surface area contributed by atoms with Gasteiger partial charge < -0.3 is 9.64 Å². The lowest BCUT2D eigenvalue weighted by molar-refractivity contribution is -0.154. The Morgan fingerprint density at radius 3 is 2.55 bits per heavy atom. The second-order valence-electron chi connectivity index (χ2n) is 6.32. The van der Waals surface area contributed by atoms with E-state index in [-0.39, 0.29) is 24.0 Å². The molecular weight excluding hydrogens is 278 g/mol. The molecule has 22 heavy (non-hydrogen) atoms. The third-order valence-electron chi connectivity index (χ3n) is 4.91. The Labute approximate surface area is 131 Å². The van der Waals surface area contributed by atoms with E-state index >= 15 is 0 Å². The van der Waals surface area contributed by atoms with Crippen LogP contribution in [0.15, 0.2) is 30.3 Å². The van der Waals surface area contributed by atoms with Crippen LogP contribution in [0.5, 0.6) is 0 Å². The molecular formula is C18H23NO3.